The van der Waals surface area contributed by atoms with Crippen molar-refractivity contribution in [1.82, 2.24) is 4.57 Å². The van der Waals surface area contributed by atoms with Crippen LogP contribution in [0.15, 0.2) is 47.4 Å². The minimum Gasteiger partial charge on any atom is -0.334 e. The molecule has 1 aliphatic heterocycles. The number of para-hydroxylation sites is 1. The van der Waals surface area contributed by atoms with Crippen LogP contribution in [0.2, 0.25) is 0 Å². The summed E-state index contributed by atoms with van der Waals surface area (Å²) in [7, 11) is 0. The van der Waals surface area contributed by atoms with E-state index in [1.807, 2.05) is 36.9 Å². The maximum absolute atomic E-state index is 12.9. The molecule has 1 amide bonds. The van der Waals surface area contributed by atoms with Crippen LogP contribution >= 0.6 is 11.8 Å². The van der Waals surface area contributed by atoms with Crippen molar-refractivity contribution in [2.24, 2.45) is 0 Å². The second kappa shape index (κ2) is 5.71. The zero-order valence-corrected chi connectivity index (χ0v) is 14.9. The monoisotopic (exact) mass is 336 g/mol. The SMILES string of the molecule is Cc1ccc(NC(=O)c2cc3cccc4c3n2C[C@@H](C)S4)c(C)c1. The summed E-state index contributed by atoms with van der Waals surface area (Å²) in [4.78, 5) is 14.2. The first-order valence-corrected chi connectivity index (χ1v) is 9.08. The quantitative estimate of drug-likeness (QED) is 0.714. The fraction of sp³-hybridized carbons (Fsp3) is 0.250. The molecule has 2 heterocycles. The molecule has 1 atom stereocenters. The van der Waals surface area contributed by atoms with Crippen LogP contribution in [0.3, 0.4) is 0 Å². The Morgan fingerprint density at radius 3 is 2.83 bits per heavy atom. The molecule has 4 heteroatoms. The lowest BCUT2D eigenvalue weighted by molar-refractivity contribution is 0.101. The third-order valence-corrected chi connectivity index (χ3v) is 5.65. The molecule has 24 heavy (non-hydrogen) atoms. The van der Waals surface area contributed by atoms with Crippen LogP contribution in [0.5, 0.6) is 0 Å². The average molecular weight is 336 g/mol. The van der Waals surface area contributed by atoms with Gasteiger partial charge in [0.15, 0.2) is 0 Å². The highest BCUT2D eigenvalue weighted by Gasteiger charge is 2.24. The highest BCUT2D eigenvalue weighted by Crippen LogP contribution is 2.38. The van der Waals surface area contributed by atoms with Crippen LogP contribution in [-0.4, -0.2) is 15.7 Å². The number of carbonyl (C=O) groups is 1. The standard InChI is InChI=1S/C20H20N2OS/c1-12-7-8-16(13(2)9-12)21-20(23)17-10-15-5-4-6-18-19(15)22(17)11-14(3)24-18/h4-10,14H,11H2,1-3H3,(H,21,23)/t14-/m1/s1. The van der Waals surface area contributed by atoms with E-state index in [2.05, 4.69) is 48.0 Å². The van der Waals surface area contributed by atoms with Gasteiger partial charge in [0.1, 0.15) is 5.69 Å². The summed E-state index contributed by atoms with van der Waals surface area (Å²) in [5.74, 6) is -0.0387. The Kier molecular flexibility index (Phi) is 3.65. The van der Waals surface area contributed by atoms with E-state index < -0.39 is 0 Å². The summed E-state index contributed by atoms with van der Waals surface area (Å²) >= 11 is 1.88. The molecule has 0 fully saturated rings. The first-order valence-electron chi connectivity index (χ1n) is 8.20. The molecule has 3 aromatic rings. The fourth-order valence-electron chi connectivity index (χ4n) is 3.41. The molecule has 0 saturated carbocycles. The summed E-state index contributed by atoms with van der Waals surface area (Å²) in [5, 5.41) is 4.68. The van der Waals surface area contributed by atoms with Gasteiger partial charge in [0.2, 0.25) is 0 Å². The van der Waals surface area contributed by atoms with Crippen molar-refractivity contribution in [3.05, 3.63) is 59.3 Å². The van der Waals surface area contributed by atoms with Gasteiger partial charge in [0.05, 0.1) is 5.52 Å². The summed E-state index contributed by atoms with van der Waals surface area (Å²) < 4.78 is 2.17. The van der Waals surface area contributed by atoms with Crippen molar-refractivity contribution < 1.29 is 4.79 Å². The van der Waals surface area contributed by atoms with Gasteiger partial charge in [-0.3, -0.25) is 4.79 Å². The number of amides is 1. The van der Waals surface area contributed by atoms with Crippen molar-refractivity contribution in [3.8, 4) is 0 Å². The number of carbonyl (C=O) groups excluding carboxylic acids is 1. The Balaban J connectivity index is 1.76. The Labute approximate surface area is 146 Å². The lowest BCUT2D eigenvalue weighted by Gasteiger charge is -2.22. The number of hydrogen-bond donors (Lipinski definition) is 1. The van der Waals surface area contributed by atoms with Crippen LogP contribution in [0.4, 0.5) is 5.69 Å². The molecule has 1 N–H and O–H groups in total. The zero-order chi connectivity index (χ0) is 16.8. The molecule has 1 aromatic heterocycles. The summed E-state index contributed by atoms with van der Waals surface area (Å²) in [6.45, 7) is 7.15. The van der Waals surface area contributed by atoms with Gasteiger partial charge in [0, 0.05) is 27.8 Å². The molecule has 122 valence electrons. The smallest absolute Gasteiger partial charge is 0.272 e. The van der Waals surface area contributed by atoms with Gasteiger partial charge < -0.3 is 9.88 Å². The normalized spacial score (nSPS) is 16.4. The fourth-order valence-corrected chi connectivity index (χ4v) is 4.57. The predicted molar refractivity (Wildman–Crippen MR) is 101 cm³/mol. The summed E-state index contributed by atoms with van der Waals surface area (Å²) in [6.07, 6.45) is 0. The van der Waals surface area contributed by atoms with Crippen molar-refractivity contribution in [3.63, 3.8) is 0 Å². The molecule has 4 rings (SSSR count). The number of aryl methyl sites for hydroxylation is 2. The molecule has 2 aromatic carbocycles. The summed E-state index contributed by atoms with van der Waals surface area (Å²) in [6, 6.07) is 14.4. The van der Waals surface area contributed by atoms with Crippen LogP contribution in [0.25, 0.3) is 10.9 Å². The third kappa shape index (κ3) is 2.51. The molecule has 1 aliphatic rings. The van der Waals surface area contributed by atoms with E-state index in [1.165, 1.54) is 16.0 Å². The van der Waals surface area contributed by atoms with Crippen molar-refractivity contribution >= 4 is 34.3 Å². The largest absolute Gasteiger partial charge is 0.334 e. The van der Waals surface area contributed by atoms with E-state index in [0.717, 1.165) is 28.9 Å². The number of nitrogens with zero attached hydrogens (tertiary/aromatic N) is 1. The Morgan fingerprint density at radius 1 is 1.21 bits per heavy atom. The number of aromatic nitrogens is 1. The molecule has 3 nitrogen and oxygen atoms in total. The molecule has 0 saturated heterocycles. The van der Waals surface area contributed by atoms with Gasteiger partial charge >= 0.3 is 0 Å². The number of rotatable bonds is 2. The predicted octanol–water partition coefficient (Wildman–Crippen LogP) is 5.00. The number of hydrogen-bond acceptors (Lipinski definition) is 2. The Morgan fingerprint density at radius 2 is 2.04 bits per heavy atom. The molecule has 0 aliphatic carbocycles. The molecule has 0 spiro atoms. The van der Waals surface area contributed by atoms with Crippen LogP contribution < -0.4 is 5.32 Å². The Bertz CT molecular complexity index is 958. The van der Waals surface area contributed by atoms with Crippen molar-refractivity contribution in [1.29, 1.82) is 0 Å². The van der Waals surface area contributed by atoms with E-state index in [4.69, 9.17) is 0 Å². The van der Waals surface area contributed by atoms with Gasteiger partial charge in [-0.1, -0.05) is 36.8 Å². The van der Waals surface area contributed by atoms with Gasteiger partial charge in [-0.15, -0.1) is 11.8 Å². The molecular weight excluding hydrogens is 316 g/mol. The van der Waals surface area contributed by atoms with Crippen molar-refractivity contribution in [2.45, 2.75) is 37.5 Å². The second-order valence-electron chi connectivity index (χ2n) is 6.54. The van der Waals surface area contributed by atoms with Gasteiger partial charge in [-0.05, 0) is 37.6 Å². The highest BCUT2D eigenvalue weighted by atomic mass is 32.2. The molecule has 0 bridgehead atoms. The minimum atomic E-state index is -0.0387. The summed E-state index contributed by atoms with van der Waals surface area (Å²) in [5.41, 5.74) is 5.09. The minimum absolute atomic E-state index is 0.0387. The van der Waals surface area contributed by atoms with Crippen LogP contribution in [0, 0.1) is 13.8 Å². The number of anilines is 1. The molecular formula is C20H20N2OS. The first-order chi connectivity index (χ1) is 11.5. The number of thioether (sulfide) groups is 1. The maximum Gasteiger partial charge on any atom is 0.272 e. The van der Waals surface area contributed by atoms with Gasteiger partial charge in [0.25, 0.3) is 5.91 Å². The van der Waals surface area contributed by atoms with E-state index in [1.54, 1.807) is 0 Å². The second-order valence-corrected chi connectivity index (χ2v) is 8.02. The van der Waals surface area contributed by atoms with E-state index in [0.29, 0.717) is 5.25 Å². The third-order valence-electron chi connectivity index (χ3n) is 4.51. The first kappa shape index (κ1) is 15.3. The van der Waals surface area contributed by atoms with Crippen molar-refractivity contribution in [2.75, 3.05) is 5.32 Å². The molecule has 0 radical (unpaired) electrons. The van der Waals surface area contributed by atoms with E-state index in [-0.39, 0.29) is 5.91 Å². The van der Waals surface area contributed by atoms with E-state index in [9.17, 15) is 4.79 Å². The highest BCUT2D eigenvalue weighted by molar-refractivity contribution is 8.00. The van der Waals surface area contributed by atoms with E-state index >= 15 is 0 Å². The molecule has 0 unspecified atom stereocenters. The lowest BCUT2D eigenvalue weighted by atomic mass is 10.1. The lowest BCUT2D eigenvalue weighted by Crippen LogP contribution is -2.22. The maximum atomic E-state index is 12.9. The average Bonchev–Trinajstić information content (AvgIpc) is 2.90. The Hall–Kier alpha value is -2.20. The topological polar surface area (TPSA) is 34.0 Å². The van der Waals surface area contributed by atoms with Crippen LogP contribution in [0.1, 0.15) is 28.5 Å². The number of nitrogens with one attached hydrogen (secondary N) is 1. The van der Waals surface area contributed by atoms with Gasteiger partial charge in [-0.2, -0.15) is 0 Å². The number of benzene rings is 2. The van der Waals surface area contributed by atoms with Crippen LogP contribution in [-0.2, 0) is 6.54 Å². The zero-order valence-electron chi connectivity index (χ0n) is 14.1. The van der Waals surface area contributed by atoms with Gasteiger partial charge in [-0.25, -0.2) is 0 Å².